The molecule has 1 aliphatic rings. The van der Waals surface area contributed by atoms with Crippen LogP contribution in [0.15, 0.2) is 24.3 Å². The van der Waals surface area contributed by atoms with E-state index in [0.29, 0.717) is 12.5 Å². The Morgan fingerprint density at radius 1 is 1.44 bits per heavy atom. The van der Waals surface area contributed by atoms with Crippen LogP contribution in [0.25, 0.3) is 0 Å². The van der Waals surface area contributed by atoms with E-state index in [-0.39, 0.29) is 11.9 Å². The van der Waals surface area contributed by atoms with E-state index in [1.165, 1.54) is 37.8 Å². The normalized spacial score (nSPS) is 25.7. The van der Waals surface area contributed by atoms with Crippen molar-refractivity contribution in [3.05, 3.63) is 30.1 Å². The van der Waals surface area contributed by atoms with Crippen molar-refractivity contribution in [2.75, 3.05) is 11.9 Å². The Morgan fingerprint density at radius 3 is 2.94 bits per heavy atom. The third kappa shape index (κ3) is 3.45. The smallest absolute Gasteiger partial charge is 0.125 e. The van der Waals surface area contributed by atoms with E-state index in [9.17, 15) is 4.39 Å². The molecule has 0 bridgehead atoms. The van der Waals surface area contributed by atoms with Gasteiger partial charge < -0.3 is 11.1 Å². The van der Waals surface area contributed by atoms with Gasteiger partial charge in [0, 0.05) is 18.3 Å². The number of hydrogen-bond acceptors (Lipinski definition) is 2. The summed E-state index contributed by atoms with van der Waals surface area (Å²) in [6.45, 7) is 2.91. The zero-order valence-corrected chi connectivity index (χ0v) is 11.0. The average molecular weight is 250 g/mol. The fourth-order valence-electron chi connectivity index (χ4n) is 3.01. The molecule has 0 aromatic heterocycles. The van der Waals surface area contributed by atoms with Gasteiger partial charge in [-0.2, -0.15) is 0 Å². The number of anilines is 1. The molecular weight excluding hydrogens is 227 g/mol. The second kappa shape index (κ2) is 6.19. The van der Waals surface area contributed by atoms with Crippen LogP contribution in [0.1, 0.15) is 32.6 Å². The van der Waals surface area contributed by atoms with Crippen molar-refractivity contribution in [2.24, 2.45) is 17.6 Å². The van der Waals surface area contributed by atoms with E-state index in [2.05, 4.69) is 12.2 Å². The third-order valence-electron chi connectivity index (χ3n) is 3.98. The molecule has 0 aliphatic heterocycles. The Kier molecular flexibility index (Phi) is 4.59. The van der Waals surface area contributed by atoms with E-state index < -0.39 is 0 Å². The Balaban J connectivity index is 2.00. The largest absolute Gasteiger partial charge is 0.381 e. The predicted molar refractivity (Wildman–Crippen MR) is 74.0 cm³/mol. The lowest BCUT2D eigenvalue weighted by Crippen LogP contribution is -2.38. The summed E-state index contributed by atoms with van der Waals surface area (Å²) in [5.41, 5.74) is 6.72. The summed E-state index contributed by atoms with van der Waals surface area (Å²) in [6, 6.07) is 6.89. The lowest BCUT2D eigenvalue weighted by atomic mass is 9.78. The second-order valence-electron chi connectivity index (χ2n) is 5.53. The molecule has 0 saturated heterocycles. The first-order valence-electron chi connectivity index (χ1n) is 6.91. The molecule has 1 aliphatic carbocycles. The molecular formula is C15H23FN2. The Hall–Kier alpha value is -1.09. The molecule has 100 valence electrons. The standard InChI is InChI=1S/C15H23FN2/c1-11-4-2-5-12(8-11)15(10-17)18-14-7-3-6-13(16)9-14/h3,6-7,9,11-12,15,18H,2,4-5,8,10,17H2,1H3. The van der Waals surface area contributed by atoms with Gasteiger partial charge in [0.1, 0.15) is 5.82 Å². The van der Waals surface area contributed by atoms with Crippen LogP contribution in [0.4, 0.5) is 10.1 Å². The Bertz CT molecular complexity index is 381. The van der Waals surface area contributed by atoms with Gasteiger partial charge in [0.2, 0.25) is 0 Å². The molecule has 2 nitrogen and oxygen atoms in total. The van der Waals surface area contributed by atoms with Crippen LogP contribution in [0.5, 0.6) is 0 Å². The van der Waals surface area contributed by atoms with Crippen molar-refractivity contribution in [3.8, 4) is 0 Å². The lowest BCUT2D eigenvalue weighted by molar-refractivity contribution is 0.257. The zero-order valence-electron chi connectivity index (χ0n) is 11.0. The number of rotatable bonds is 4. The van der Waals surface area contributed by atoms with E-state index in [0.717, 1.165) is 11.6 Å². The molecule has 1 aromatic rings. The number of nitrogens with one attached hydrogen (secondary N) is 1. The van der Waals surface area contributed by atoms with Crippen LogP contribution in [0.3, 0.4) is 0 Å². The minimum Gasteiger partial charge on any atom is -0.381 e. The highest BCUT2D eigenvalue weighted by Crippen LogP contribution is 2.31. The van der Waals surface area contributed by atoms with Crippen molar-refractivity contribution >= 4 is 5.69 Å². The van der Waals surface area contributed by atoms with Gasteiger partial charge >= 0.3 is 0 Å². The summed E-state index contributed by atoms with van der Waals surface area (Å²) in [5, 5.41) is 3.39. The second-order valence-corrected chi connectivity index (χ2v) is 5.53. The molecule has 3 unspecified atom stereocenters. The van der Waals surface area contributed by atoms with Crippen molar-refractivity contribution in [3.63, 3.8) is 0 Å². The maximum absolute atomic E-state index is 13.2. The Morgan fingerprint density at radius 2 is 2.28 bits per heavy atom. The van der Waals surface area contributed by atoms with Crippen molar-refractivity contribution in [1.82, 2.24) is 0 Å². The van der Waals surface area contributed by atoms with Crippen molar-refractivity contribution < 1.29 is 4.39 Å². The molecule has 18 heavy (non-hydrogen) atoms. The van der Waals surface area contributed by atoms with Gasteiger partial charge in [-0.15, -0.1) is 0 Å². The molecule has 2 rings (SSSR count). The van der Waals surface area contributed by atoms with Crippen LogP contribution in [-0.4, -0.2) is 12.6 Å². The molecule has 0 heterocycles. The van der Waals surface area contributed by atoms with Gasteiger partial charge in [0.25, 0.3) is 0 Å². The fraction of sp³-hybridized carbons (Fsp3) is 0.600. The zero-order chi connectivity index (χ0) is 13.0. The molecule has 3 heteroatoms. The van der Waals surface area contributed by atoms with Crippen LogP contribution >= 0.6 is 0 Å². The van der Waals surface area contributed by atoms with E-state index in [1.54, 1.807) is 6.07 Å². The Labute approximate surface area is 109 Å². The minimum atomic E-state index is -0.201. The highest BCUT2D eigenvalue weighted by Gasteiger charge is 2.25. The summed E-state index contributed by atoms with van der Waals surface area (Å²) in [7, 11) is 0. The minimum absolute atomic E-state index is 0.201. The van der Waals surface area contributed by atoms with E-state index in [1.807, 2.05) is 6.07 Å². The molecule has 3 atom stereocenters. The van der Waals surface area contributed by atoms with E-state index >= 15 is 0 Å². The third-order valence-corrected chi connectivity index (χ3v) is 3.98. The van der Waals surface area contributed by atoms with Gasteiger partial charge in [-0.05, 0) is 42.9 Å². The lowest BCUT2D eigenvalue weighted by Gasteiger charge is -2.33. The van der Waals surface area contributed by atoms with Crippen LogP contribution in [-0.2, 0) is 0 Å². The molecule has 1 aromatic carbocycles. The monoisotopic (exact) mass is 250 g/mol. The van der Waals surface area contributed by atoms with Gasteiger partial charge in [-0.3, -0.25) is 0 Å². The van der Waals surface area contributed by atoms with Crippen LogP contribution in [0, 0.1) is 17.7 Å². The summed E-state index contributed by atoms with van der Waals surface area (Å²) >= 11 is 0. The molecule has 1 saturated carbocycles. The fourth-order valence-corrected chi connectivity index (χ4v) is 3.01. The number of benzene rings is 1. The topological polar surface area (TPSA) is 38.0 Å². The number of halogens is 1. The van der Waals surface area contributed by atoms with Crippen molar-refractivity contribution in [2.45, 2.75) is 38.6 Å². The van der Waals surface area contributed by atoms with Crippen molar-refractivity contribution in [1.29, 1.82) is 0 Å². The molecule has 3 N–H and O–H groups in total. The highest BCUT2D eigenvalue weighted by molar-refractivity contribution is 5.44. The SMILES string of the molecule is CC1CCCC(C(CN)Nc2cccc(F)c2)C1. The molecule has 0 radical (unpaired) electrons. The van der Waals surface area contributed by atoms with Gasteiger partial charge in [0.05, 0.1) is 0 Å². The van der Waals surface area contributed by atoms with Crippen LogP contribution in [0.2, 0.25) is 0 Å². The summed E-state index contributed by atoms with van der Waals surface area (Å²) in [4.78, 5) is 0. The quantitative estimate of drug-likeness (QED) is 0.859. The first-order valence-corrected chi connectivity index (χ1v) is 6.91. The van der Waals surface area contributed by atoms with Crippen LogP contribution < -0.4 is 11.1 Å². The highest BCUT2D eigenvalue weighted by atomic mass is 19.1. The first kappa shape index (κ1) is 13.3. The van der Waals surface area contributed by atoms with Gasteiger partial charge in [-0.1, -0.05) is 25.8 Å². The molecule has 0 amide bonds. The summed E-state index contributed by atoms with van der Waals surface area (Å²) in [5.74, 6) is 1.20. The van der Waals surface area contributed by atoms with E-state index in [4.69, 9.17) is 5.73 Å². The maximum Gasteiger partial charge on any atom is 0.125 e. The number of nitrogens with two attached hydrogens (primary N) is 1. The summed E-state index contributed by atoms with van der Waals surface area (Å²) in [6.07, 6.45) is 5.07. The summed E-state index contributed by atoms with van der Waals surface area (Å²) < 4.78 is 13.2. The predicted octanol–water partition coefficient (Wildman–Crippen LogP) is 3.39. The molecule has 1 fully saturated rings. The number of hydrogen-bond donors (Lipinski definition) is 2. The first-order chi connectivity index (χ1) is 8.69. The maximum atomic E-state index is 13.2. The van der Waals surface area contributed by atoms with Gasteiger partial charge in [-0.25, -0.2) is 4.39 Å². The van der Waals surface area contributed by atoms with Gasteiger partial charge in [0.15, 0.2) is 0 Å². The average Bonchev–Trinajstić information content (AvgIpc) is 2.36. The molecule has 0 spiro atoms.